The van der Waals surface area contributed by atoms with Crippen LogP contribution in [0.5, 0.6) is 0 Å². The van der Waals surface area contributed by atoms with Crippen LogP contribution in [0, 0.1) is 0 Å². The molecule has 2 heterocycles. The highest BCUT2D eigenvalue weighted by molar-refractivity contribution is 6.08. The molecule has 0 unspecified atom stereocenters. The minimum Gasteiger partial charge on any atom is -0.464 e. The van der Waals surface area contributed by atoms with Crippen molar-refractivity contribution in [2.75, 3.05) is 26.2 Å². The van der Waals surface area contributed by atoms with Crippen LogP contribution in [0.4, 0.5) is 4.79 Å². The highest BCUT2D eigenvalue weighted by atomic mass is 16.5. The van der Waals surface area contributed by atoms with Crippen LogP contribution in [0.3, 0.4) is 0 Å². The maximum atomic E-state index is 12.3. The van der Waals surface area contributed by atoms with Gasteiger partial charge >= 0.3 is 12.0 Å². The smallest absolute Gasteiger partial charge is 0.326 e. The second-order valence-electron chi connectivity index (χ2n) is 4.87. The summed E-state index contributed by atoms with van der Waals surface area (Å²) in [4.78, 5) is 36.6. The van der Waals surface area contributed by atoms with Gasteiger partial charge in [-0.3, -0.25) is 14.5 Å². The molecule has 0 bridgehead atoms. The lowest BCUT2D eigenvalue weighted by molar-refractivity contribution is -0.148. The van der Waals surface area contributed by atoms with Gasteiger partial charge in [-0.05, 0) is 32.4 Å². The Kier molecular flexibility index (Phi) is 4.04. The van der Waals surface area contributed by atoms with E-state index in [-0.39, 0.29) is 12.5 Å². The summed E-state index contributed by atoms with van der Waals surface area (Å²) in [6.45, 7) is 3.24. The number of nitrogens with one attached hydrogen (secondary N) is 2. The van der Waals surface area contributed by atoms with Gasteiger partial charge in [-0.2, -0.15) is 0 Å². The Hall–Kier alpha value is -1.63. The number of amides is 3. The fraction of sp³-hybridized carbons (Fsp3) is 0.750. The molecule has 0 radical (unpaired) electrons. The second kappa shape index (κ2) is 5.56. The van der Waals surface area contributed by atoms with E-state index in [1.807, 2.05) is 6.92 Å². The fourth-order valence-electron chi connectivity index (χ4n) is 2.40. The fourth-order valence-corrected chi connectivity index (χ4v) is 2.40. The highest BCUT2D eigenvalue weighted by Gasteiger charge is 2.51. The van der Waals surface area contributed by atoms with Crippen LogP contribution in [0.1, 0.15) is 26.2 Å². The van der Waals surface area contributed by atoms with Crippen LogP contribution in [-0.4, -0.2) is 54.6 Å². The number of urea groups is 1. The summed E-state index contributed by atoms with van der Waals surface area (Å²) >= 11 is 0. The molecule has 1 spiro atoms. The third kappa shape index (κ3) is 2.70. The molecule has 2 rings (SSSR count). The third-order valence-corrected chi connectivity index (χ3v) is 3.46. The molecule has 2 N–H and O–H groups in total. The van der Waals surface area contributed by atoms with Crippen molar-refractivity contribution < 1.29 is 19.1 Å². The summed E-state index contributed by atoms with van der Waals surface area (Å²) < 4.78 is 4.90. The molecular weight excluding hydrogens is 250 g/mol. The molecule has 3 amide bonds. The van der Waals surface area contributed by atoms with Gasteiger partial charge in [-0.25, -0.2) is 4.79 Å². The Morgan fingerprint density at radius 1 is 1.37 bits per heavy atom. The van der Waals surface area contributed by atoms with Gasteiger partial charge in [-0.1, -0.05) is 6.92 Å². The average Bonchev–Trinajstić information content (AvgIpc) is 2.62. The van der Waals surface area contributed by atoms with Gasteiger partial charge in [0.05, 0.1) is 6.61 Å². The summed E-state index contributed by atoms with van der Waals surface area (Å²) in [6.07, 6.45) is 1.82. The Morgan fingerprint density at radius 3 is 2.68 bits per heavy atom. The maximum Gasteiger partial charge on any atom is 0.326 e. The molecule has 19 heavy (non-hydrogen) atoms. The average molecular weight is 269 g/mol. The molecule has 0 aromatic rings. The summed E-state index contributed by atoms with van der Waals surface area (Å²) in [5.41, 5.74) is -0.826. The van der Waals surface area contributed by atoms with E-state index in [0.717, 1.165) is 4.90 Å². The SMILES string of the molecule is CCCOC(=O)CN1C(=O)NC2(CCNCC2)C1=O. The number of ether oxygens (including phenoxy) is 1. The predicted octanol–water partition coefficient (Wildman–Crippen LogP) is -0.386. The van der Waals surface area contributed by atoms with Crippen molar-refractivity contribution in [2.24, 2.45) is 0 Å². The minimum absolute atomic E-state index is 0.303. The van der Waals surface area contributed by atoms with Crippen LogP contribution in [-0.2, 0) is 14.3 Å². The number of carbonyl (C=O) groups excluding carboxylic acids is 3. The van der Waals surface area contributed by atoms with Crippen LogP contribution >= 0.6 is 0 Å². The van der Waals surface area contributed by atoms with E-state index in [1.54, 1.807) is 0 Å². The minimum atomic E-state index is -0.826. The first-order valence-electron chi connectivity index (χ1n) is 6.59. The number of hydrogen-bond acceptors (Lipinski definition) is 5. The maximum absolute atomic E-state index is 12.3. The first-order chi connectivity index (χ1) is 9.09. The molecule has 7 heteroatoms. The predicted molar refractivity (Wildman–Crippen MR) is 66.3 cm³/mol. The van der Waals surface area contributed by atoms with Crippen LogP contribution in [0.2, 0.25) is 0 Å². The van der Waals surface area contributed by atoms with Gasteiger partial charge in [0.1, 0.15) is 12.1 Å². The number of hydrogen-bond donors (Lipinski definition) is 2. The van der Waals surface area contributed by atoms with Crippen LogP contribution in [0.25, 0.3) is 0 Å². The lowest BCUT2D eigenvalue weighted by atomic mass is 9.88. The molecule has 0 aromatic heterocycles. The van der Waals surface area contributed by atoms with E-state index in [2.05, 4.69) is 10.6 Å². The second-order valence-corrected chi connectivity index (χ2v) is 4.87. The van der Waals surface area contributed by atoms with Crippen molar-refractivity contribution in [1.29, 1.82) is 0 Å². The topological polar surface area (TPSA) is 87.7 Å². The van der Waals surface area contributed by atoms with E-state index in [0.29, 0.717) is 39.0 Å². The molecule has 2 fully saturated rings. The summed E-state index contributed by atoms with van der Waals surface area (Å²) in [6, 6.07) is -0.500. The van der Waals surface area contributed by atoms with Crippen molar-refractivity contribution in [3.63, 3.8) is 0 Å². The van der Waals surface area contributed by atoms with E-state index < -0.39 is 17.5 Å². The molecule has 0 atom stereocenters. The van der Waals surface area contributed by atoms with Crippen molar-refractivity contribution in [3.05, 3.63) is 0 Å². The van der Waals surface area contributed by atoms with E-state index in [4.69, 9.17) is 4.74 Å². The van der Waals surface area contributed by atoms with Gasteiger partial charge in [0.15, 0.2) is 0 Å². The first-order valence-corrected chi connectivity index (χ1v) is 6.59. The third-order valence-electron chi connectivity index (χ3n) is 3.46. The molecule has 2 saturated heterocycles. The van der Waals surface area contributed by atoms with Crippen molar-refractivity contribution >= 4 is 17.9 Å². The molecule has 0 aliphatic carbocycles. The van der Waals surface area contributed by atoms with Crippen LogP contribution < -0.4 is 10.6 Å². The van der Waals surface area contributed by atoms with Gasteiger partial charge in [0, 0.05) is 0 Å². The molecule has 7 nitrogen and oxygen atoms in total. The molecule has 0 aromatic carbocycles. The lowest BCUT2D eigenvalue weighted by Gasteiger charge is -2.30. The van der Waals surface area contributed by atoms with E-state index >= 15 is 0 Å². The van der Waals surface area contributed by atoms with Crippen molar-refractivity contribution in [3.8, 4) is 0 Å². The van der Waals surface area contributed by atoms with Crippen molar-refractivity contribution in [2.45, 2.75) is 31.7 Å². The molecule has 2 aliphatic rings. The summed E-state index contributed by atoms with van der Waals surface area (Å²) in [5.74, 6) is -0.858. The quantitative estimate of drug-likeness (QED) is 0.536. The molecule has 2 aliphatic heterocycles. The standard InChI is InChI=1S/C12H19N3O4/c1-2-7-19-9(16)8-15-10(17)12(14-11(15)18)3-5-13-6-4-12/h13H,2-8H2,1H3,(H,14,18). The number of rotatable bonds is 4. The van der Waals surface area contributed by atoms with E-state index in [9.17, 15) is 14.4 Å². The number of nitrogens with zero attached hydrogens (tertiary/aromatic N) is 1. The highest BCUT2D eigenvalue weighted by Crippen LogP contribution is 2.26. The van der Waals surface area contributed by atoms with Crippen molar-refractivity contribution in [1.82, 2.24) is 15.5 Å². The van der Waals surface area contributed by atoms with Gasteiger partial charge in [0.2, 0.25) is 0 Å². The number of esters is 1. The van der Waals surface area contributed by atoms with Gasteiger partial charge in [-0.15, -0.1) is 0 Å². The molecular formula is C12H19N3O4. The van der Waals surface area contributed by atoms with E-state index in [1.165, 1.54) is 0 Å². The number of carbonyl (C=O) groups is 3. The zero-order valence-electron chi connectivity index (χ0n) is 11.0. The molecule has 0 saturated carbocycles. The number of imide groups is 1. The van der Waals surface area contributed by atoms with Crippen LogP contribution in [0.15, 0.2) is 0 Å². The number of piperidine rings is 1. The normalized spacial score (nSPS) is 21.6. The Bertz CT molecular complexity index is 390. The monoisotopic (exact) mass is 269 g/mol. The lowest BCUT2D eigenvalue weighted by Crippen LogP contribution is -2.54. The Balaban J connectivity index is 2.00. The molecule has 106 valence electrons. The van der Waals surface area contributed by atoms with Gasteiger partial charge < -0.3 is 15.4 Å². The Labute approximate surface area is 111 Å². The largest absolute Gasteiger partial charge is 0.464 e. The summed E-state index contributed by atoms with van der Waals surface area (Å²) in [5, 5.41) is 5.86. The first kappa shape index (κ1) is 13.8. The zero-order chi connectivity index (χ0) is 13.9. The zero-order valence-corrected chi connectivity index (χ0v) is 11.0. The Morgan fingerprint density at radius 2 is 2.05 bits per heavy atom. The summed E-state index contributed by atoms with van der Waals surface area (Å²) in [7, 11) is 0. The van der Waals surface area contributed by atoms with Gasteiger partial charge in [0.25, 0.3) is 5.91 Å².